The van der Waals surface area contributed by atoms with Gasteiger partial charge in [-0.1, -0.05) is 62.2 Å². The van der Waals surface area contributed by atoms with Crippen molar-refractivity contribution in [1.29, 1.82) is 0 Å². The molecule has 0 aliphatic carbocycles. The summed E-state index contributed by atoms with van der Waals surface area (Å²) in [6.45, 7) is 8.15. The Morgan fingerprint density at radius 3 is 2.38 bits per heavy atom. The zero-order chi connectivity index (χ0) is 28.1. The van der Waals surface area contributed by atoms with Crippen LogP contribution in [0.3, 0.4) is 0 Å². The summed E-state index contributed by atoms with van der Waals surface area (Å²) in [5.74, 6) is -1.93. The third-order valence-corrected chi connectivity index (χ3v) is 8.01. The first-order valence-corrected chi connectivity index (χ1v) is 14.5. The lowest BCUT2D eigenvalue weighted by Gasteiger charge is -2.30. The number of unbranched alkanes of at least 4 members (excludes halogenated alkanes) is 1. The van der Waals surface area contributed by atoms with Crippen molar-refractivity contribution in [3.05, 3.63) is 101 Å². The van der Waals surface area contributed by atoms with Gasteiger partial charge in [-0.3, -0.25) is 9.69 Å². The number of fused-ring (bicyclic) bond motifs is 1. The minimum atomic E-state index is -1.11. The molecule has 4 aromatic rings. The number of hydrogen-bond donors (Lipinski definition) is 0. The molecule has 0 bridgehead atoms. The number of benzene rings is 3. The number of rotatable bonds is 10. The van der Waals surface area contributed by atoms with Gasteiger partial charge < -0.3 is 9.47 Å². The molecule has 1 fully saturated rings. The number of imidazole rings is 1. The highest BCUT2D eigenvalue weighted by atomic mass is 19.2. The number of carbonyl (C=O) groups is 1. The maximum absolute atomic E-state index is 14.7. The van der Waals surface area contributed by atoms with E-state index in [1.807, 2.05) is 32.0 Å². The van der Waals surface area contributed by atoms with Gasteiger partial charge in [0.15, 0.2) is 11.6 Å². The quantitative estimate of drug-likeness (QED) is 0.210. The molecule has 1 atom stereocenters. The lowest BCUT2D eigenvalue weighted by atomic mass is 10.0. The number of likely N-dealkylation sites (tertiary alicyclic amines) is 1. The van der Waals surface area contributed by atoms with Crippen molar-refractivity contribution < 1.29 is 13.6 Å². The van der Waals surface area contributed by atoms with Gasteiger partial charge in [-0.2, -0.15) is 0 Å². The predicted molar refractivity (Wildman–Crippen MR) is 155 cm³/mol. The SMILES string of the molecule is CCCCN(C(=O)c1cccc(F)c1F)C(C)c1nc2ccccc2n1Cc1ccccc1CN1CCCCC1. The van der Waals surface area contributed by atoms with Crippen LogP contribution >= 0.6 is 0 Å². The van der Waals surface area contributed by atoms with Crippen LogP contribution in [0.5, 0.6) is 0 Å². The molecule has 1 amide bonds. The lowest BCUT2D eigenvalue weighted by Crippen LogP contribution is -2.36. The summed E-state index contributed by atoms with van der Waals surface area (Å²) in [4.78, 5) is 22.8. The molecule has 1 aliphatic rings. The van der Waals surface area contributed by atoms with E-state index in [0.717, 1.165) is 55.4 Å². The Bertz CT molecular complexity index is 1460. The van der Waals surface area contributed by atoms with Gasteiger partial charge in [-0.05, 0) is 74.7 Å². The Kier molecular flexibility index (Phi) is 8.90. The molecule has 0 N–H and O–H groups in total. The first kappa shape index (κ1) is 28.0. The summed E-state index contributed by atoms with van der Waals surface area (Å²) in [6, 6.07) is 19.8. The van der Waals surface area contributed by atoms with Crippen molar-refractivity contribution in [3.63, 3.8) is 0 Å². The van der Waals surface area contributed by atoms with Crippen molar-refractivity contribution in [3.8, 4) is 0 Å². The number of para-hydroxylation sites is 2. The molecule has 5 rings (SSSR count). The van der Waals surface area contributed by atoms with E-state index in [2.05, 4.69) is 39.8 Å². The van der Waals surface area contributed by atoms with Crippen LogP contribution in [0, 0.1) is 11.6 Å². The fraction of sp³-hybridized carbons (Fsp3) is 0.394. The number of halogens is 2. The van der Waals surface area contributed by atoms with Gasteiger partial charge in [-0.15, -0.1) is 0 Å². The number of nitrogens with zero attached hydrogens (tertiary/aromatic N) is 4. The topological polar surface area (TPSA) is 41.4 Å². The molecule has 0 spiro atoms. The summed E-state index contributed by atoms with van der Waals surface area (Å²) < 4.78 is 31.0. The molecule has 210 valence electrons. The Hall–Kier alpha value is -3.58. The van der Waals surface area contributed by atoms with Crippen LogP contribution in [0.4, 0.5) is 8.78 Å². The normalized spacial score (nSPS) is 14.9. The molecule has 3 aromatic carbocycles. The molecule has 0 radical (unpaired) electrons. The average Bonchev–Trinajstić information content (AvgIpc) is 3.34. The van der Waals surface area contributed by atoms with E-state index < -0.39 is 23.6 Å². The summed E-state index contributed by atoms with van der Waals surface area (Å²) in [5, 5.41) is 0. The van der Waals surface area contributed by atoms with Gasteiger partial charge >= 0.3 is 0 Å². The largest absolute Gasteiger partial charge is 0.329 e. The number of hydrogen-bond acceptors (Lipinski definition) is 3. The van der Waals surface area contributed by atoms with Crippen LogP contribution in [0.1, 0.15) is 79.3 Å². The first-order valence-electron chi connectivity index (χ1n) is 14.5. The summed E-state index contributed by atoms with van der Waals surface area (Å²) in [6.07, 6.45) is 5.38. The predicted octanol–water partition coefficient (Wildman–Crippen LogP) is 7.35. The summed E-state index contributed by atoms with van der Waals surface area (Å²) >= 11 is 0. The molecule has 1 aromatic heterocycles. The molecule has 40 heavy (non-hydrogen) atoms. The zero-order valence-corrected chi connectivity index (χ0v) is 23.5. The minimum Gasteiger partial charge on any atom is -0.329 e. The van der Waals surface area contributed by atoms with Crippen LogP contribution in [-0.2, 0) is 13.1 Å². The minimum absolute atomic E-state index is 0.252. The Balaban J connectivity index is 1.53. The Morgan fingerprint density at radius 1 is 0.925 bits per heavy atom. The highest BCUT2D eigenvalue weighted by molar-refractivity contribution is 5.94. The molecule has 1 unspecified atom stereocenters. The second-order valence-corrected chi connectivity index (χ2v) is 10.8. The smallest absolute Gasteiger partial charge is 0.257 e. The number of amides is 1. The molecule has 0 saturated carbocycles. The van der Waals surface area contributed by atoms with Crippen molar-refractivity contribution in [1.82, 2.24) is 19.4 Å². The molecule has 1 saturated heterocycles. The van der Waals surface area contributed by atoms with E-state index in [0.29, 0.717) is 13.1 Å². The molecular weight excluding hydrogens is 506 g/mol. The van der Waals surface area contributed by atoms with Crippen molar-refractivity contribution in [2.24, 2.45) is 0 Å². The lowest BCUT2D eigenvalue weighted by molar-refractivity contribution is 0.0672. The number of aromatic nitrogens is 2. The van der Waals surface area contributed by atoms with Crippen molar-refractivity contribution in [2.45, 2.75) is 65.1 Å². The fourth-order valence-corrected chi connectivity index (χ4v) is 5.74. The molecule has 2 heterocycles. The van der Waals surface area contributed by atoms with E-state index in [9.17, 15) is 13.6 Å². The number of carbonyl (C=O) groups excluding carboxylic acids is 1. The van der Waals surface area contributed by atoms with E-state index in [1.165, 1.54) is 42.5 Å². The zero-order valence-electron chi connectivity index (χ0n) is 23.5. The van der Waals surface area contributed by atoms with Crippen LogP contribution in [-0.4, -0.2) is 44.9 Å². The third kappa shape index (κ3) is 5.94. The van der Waals surface area contributed by atoms with Crippen LogP contribution in [0.15, 0.2) is 66.7 Å². The molecular formula is C33H38F2N4O. The fourth-order valence-electron chi connectivity index (χ4n) is 5.74. The third-order valence-electron chi connectivity index (χ3n) is 8.01. The van der Waals surface area contributed by atoms with Crippen molar-refractivity contribution >= 4 is 16.9 Å². The van der Waals surface area contributed by atoms with Gasteiger partial charge in [0.25, 0.3) is 5.91 Å². The Labute approximate surface area is 235 Å². The van der Waals surface area contributed by atoms with Crippen LogP contribution in [0.25, 0.3) is 11.0 Å². The average molecular weight is 545 g/mol. The van der Waals surface area contributed by atoms with Gasteiger partial charge in [0, 0.05) is 19.6 Å². The van der Waals surface area contributed by atoms with Gasteiger partial charge in [0.05, 0.1) is 22.6 Å². The van der Waals surface area contributed by atoms with E-state index in [4.69, 9.17) is 4.98 Å². The monoisotopic (exact) mass is 544 g/mol. The summed E-state index contributed by atoms with van der Waals surface area (Å²) in [7, 11) is 0. The highest BCUT2D eigenvalue weighted by Gasteiger charge is 2.29. The highest BCUT2D eigenvalue weighted by Crippen LogP contribution is 2.29. The van der Waals surface area contributed by atoms with Crippen LogP contribution in [0.2, 0.25) is 0 Å². The second kappa shape index (κ2) is 12.7. The molecule has 5 nitrogen and oxygen atoms in total. The van der Waals surface area contributed by atoms with Gasteiger partial charge in [0.2, 0.25) is 0 Å². The van der Waals surface area contributed by atoms with Gasteiger partial charge in [-0.25, -0.2) is 13.8 Å². The van der Waals surface area contributed by atoms with Crippen molar-refractivity contribution in [2.75, 3.05) is 19.6 Å². The standard InChI is InChI=1S/C33H38F2N4O/c1-3-4-21-38(33(40)27-15-12-16-28(34)31(27)35)24(2)32-36-29-17-8-9-18-30(29)39(32)23-26-14-7-6-13-25(26)22-37-19-10-5-11-20-37/h6-9,12-18,24H,3-5,10-11,19-23H2,1-2H3. The van der Waals surface area contributed by atoms with E-state index in [1.54, 1.807) is 4.90 Å². The maximum Gasteiger partial charge on any atom is 0.257 e. The van der Waals surface area contributed by atoms with Crippen LogP contribution < -0.4 is 0 Å². The molecule has 7 heteroatoms. The maximum atomic E-state index is 14.7. The summed E-state index contributed by atoms with van der Waals surface area (Å²) in [5.41, 5.74) is 4.08. The van der Waals surface area contributed by atoms with Gasteiger partial charge in [0.1, 0.15) is 5.82 Å². The second-order valence-electron chi connectivity index (χ2n) is 10.8. The molecule has 1 aliphatic heterocycles. The first-order chi connectivity index (χ1) is 19.5. The number of piperidine rings is 1. The Morgan fingerprint density at radius 2 is 1.62 bits per heavy atom. The van der Waals surface area contributed by atoms with E-state index >= 15 is 0 Å². The van der Waals surface area contributed by atoms with E-state index in [-0.39, 0.29) is 5.56 Å².